The topological polar surface area (TPSA) is 66.4 Å². The van der Waals surface area contributed by atoms with Crippen molar-refractivity contribution in [1.82, 2.24) is 4.72 Å². The number of benzene rings is 1. The molecule has 0 aliphatic rings. The summed E-state index contributed by atoms with van der Waals surface area (Å²) in [6.07, 6.45) is -10.0. The lowest BCUT2D eigenvalue weighted by Crippen LogP contribution is -2.22. The summed E-state index contributed by atoms with van der Waals surface area (Å²) in [6.45, 7) is -0.911. The molecule has 0 spiro atoms. The van der Waals surface area contributed by atoms with Crippen LogP contribution >= 0.6 is 0 Å². The van der Waals surface area contributed by atoms with Gasteiger partial charge in [0, 0.05) is 6.54 Å². The van der Waals surface area contributed by atoms with E-state index in [1.807, 2.05) is 0 Å². The number of hydrogen-bond acceptors (Lipinski definition) is 2. The first-order valence-electron chi connectivity index (χ1n) is 4.79. The highest BCUT2D eigenvalue weighted by Crippen LogP contribution is 2.36. The molecule has 1 aromatic rings. The normalized spacial score (nSPS) is 13.6. The van der Waals surface area contributed by atoms with Crippen LogP contribution in [0.1, 0.15) is 16.7 Å². The second-order valence-corrected chi connectivity index (χ2v) is 4.95. The van der Waals surface area contributed by atoms with E-state index in [9.17, 15) is 34.8 Å². The molecule has 0 saturated carbocycles. The zero-order valence-electron chi connectivity index (χ0n) is 9.38. The van der Waals surface area contributed by atoms with Crippen molar-refractivity contribution in [1.29, 1.82) is 0 Å². The molecule has 0 saturated heterocycles. The van der Waals surface area contributed by atoms with E-state index in [-0.39, 0.29) is 6.07 Å². The summed E-state index contributed by atoms with van der Waals surface area (Å²) in [5, 5.41) is 0. The van der Waals surface area contributed by atoms with Gasteiger partial charge in [0.15, 0.2) is 0 Å². The Morgan fingerprint density at radius 2 is 1.35 bits per heavy atom. The zero-order chi connectivity index (χ0) is 15.8. The lowest BCUT2D eigenvalue weighted by atomic mass is 10.0. The summed E-state index contributed by atoms with van der Waals surface area (Å²) in [7, 11) is -4.73. The SMILES string of the molecule is O=S(=O)(O)NCc1cc(C(F)(F)F)cc(C(F)(F)F)c1. The third-order valence-electron chi connectivity index (χ3n) is 2.11. The highest BCUT2D eigenvalue weighted by Gasteiger charge is 2.36. The highest BCUT2D eigenvalue weighted by atomic mass is 32.2. The summed E-state index contributed by atoms with van der Waals surface area (Å²) < 4.78 is 105. The molecular weight excluding hydrogens is 316 g/mol. The van der Waals surface area contributed by atoms with E-state index in [0.29, 0.717) is 12.1 Å². The van der Waals surface area contributed by atoms with Crippen LogP contribution in [-0.4, -0.2) is 13.0 Å². The van der Waals surface area contributed by atoms with Gasteiger partial charge in [-0.2, -0.15) is 39.5 Å². The summed E-state index contributed by atoms with van der Waals surface area (Å²) in [6, 6.07) is 0.623. The predicted octanol–water partition coefficient (Wildman–Crippen LogP) is 2.62. The lowest BCUT2D eigenvalue weighted by molar-refractivity contribution is -0.143. The number of alkyl halides is 6. The first kappa shape index (κ1) is 16.7. The number of hydrogen-bond donors (Lipinski definition) is 2. The first-order chi connectivity index (χ1) is 8.79. The fraction of sp³-hybridized carbons (Fsp3) is 0.333. The van der Waals surface area contributed by atoms with Crippen LogP contribution in [0.15, 0.2) is 18.2 Å². The van der Waals surface area contributed by atoms with Gasteiger partial charge in [-0.25, -0.2) is 0 Å². The molecule has 114 valence electrons. The van der Waals surface area contributed by atoms with E-state index in [1.165, 1.54) is 4.72 Å². The Kier molecular flexibility index (Phi) is 4.36. The number of halogens is 6. The molecule has 0 bridgehead atoms. The van der Waals surface area contributed by atoms with Crippen LogP contribution in [0.3, 0.4) is 0 Å². The predicted molar refractivity (Wildman–Crippen MR) is 54.8 cm³/mol. The Morgan fingerprint density at radius 3 is 1.65 bits per heavy atom. The molecule has 0 amide bonds. The molecule has 1 aromatic carbocycles. The molecule has 0 aliphatic heterocycles. The molecule has 11 heteroatoms. The average molecular weight is 323 g/mol. The minimum atomic E-state index is -5.02. The Balaban J connectivity index is 3.24. The van der Waals surface area contributed by atoms with Crippen LogP contribution in [0.2, 0.25) is 0 Å². The van der Waals surface area contributed by atoms with Gasteiger partial charge in [-0.1, -0.05) is 0 Å². The number of rotatable bonds is 3. The van der Waals surface area contributed by atoms with Crippen LogP contribution in [0.25, 0.3) is 0 Å². The van der Waals surface area contributed by atoms with Gasteiger partial charge < -0.3 is 0 Å². The zero-order valence-corrected chi connectivity index (χ0v) is 10.2. The van der Waals surface area contributed by atoms with Gasteiger partial charge in [-0.3, -0.25) is 4.55 Å². The van der Waals surface area contributed by atoms with Crippen LogP contribution in [0, 0.1) is 0 Å². The molecule has 0 atom stereocenters. The van der Waals surface area contributed by atoms with Crippen molar-refractivity contribution in [2.24, 2.45) is 0 Å². The summed E-state index contributed by atoms with van der Waals surface area (Å²) in [4.78, 5) is 0. The van der Waals surface area contributed by atoms with Crippen LogP contribution < -0.4 is 4.72 Å². The molecule has 0 unspecified atom stereocenters. The molecule has 1 rings (SSSR count). The van der Waals surface area contributed by atoms with Crippen molar-refractivity contribution in [2.75, 3.05) is 0 Å². The minimum Gasteiger partial charge on any atom is -0.273 e. The second-order valence-electron chi connectivity index (χ2n) is 3.71. The van der Waals surface area contributed by atoms with Crippen molar-refractivity contribution >= 4 is 10.3 Å². The van der Waals surface area contributed by atoms with Crippen LogP contribution in [0.5, 0.6) is 0 Å². The summed E-state index contributed by atoms with van der Waals surface area (Å²) in [5.74, 6) is 0. The van der Waals surface area contributed by atoms with Gasteiger partial charge in [0.2, 0.25) is 0 Å². The monoisotopic (exact) mass is 323 g/mol. The van der Waals surface area contributed by atoms with Gasteiger partial charge in [-0.05, 0) is 23.8 Å². The Bertz CT molecular complexity index is 560. The fourth-order valence-corrected chi connectivity index (χ4v) is 1.64. The first-order valence-corrected chi connectivity index (χ1v) is 6.23. The summed E-state index contributed by atoms with van der Waals surface area (Å²) >= 11 is 0. The maximum Gasteiger partial charge on any atom is 0.416 e. The molecule has 2 N–H and O–H groups in total. The summed E-state index contributed by atoms with van der Waals surface area (Å²) in [5.41, 5.74) is -3.73. The van der Waals surface area contributed by atoms with E-state index in [1.54, 1.807) is 0 Å². The maximum absolute atomic E-state index is 12.5. The molecule has 0 heterocycles. The average Bonchev–Trinajstić information content (AvgIpc) is 2.22. The van der Waals surface area contributed by atoms with Crippen LogP contribution in [0.4, 0.5) is 26.3 Å². The fourth-order valence-electron chi connectivity index (χ4n) is 1.30. The van der Waals surface area contributed by atoms with Gasteiger partial charge in [0.05, 0.1) is 11.1 Å². The third kappa shape index (κ3) is 4.98. The molecule has 0 radical (unpaired) electrons. The molecule has 0 fully saturated rings. The smallest absolute Gasteiger partial charge is 0.273 e. The largest absolute Gasteiger partial charge is 0.416 e. The van der Waals surface area contributed by atoms with E-state index in [2.05, 4.69) is 0 Å². The van der Waals surface area contributed by atoms with Crippen molar-refractivity contribution < 1.29 is 39.3 Å². The van der Waals surface area contributed by atoms with E-state index in [0.717, 1.165) is 0 Å². The molecular formula is C9H7F6NO3S. The van der Waals surface area contributed by atoms with Gasteiger partial charge >= 0.3 is 22.7 Å². The molecule has 0 aliphatic carbocycles. The van der Waals surface area contributed by atoms with Gasteiger partial charge in [-0.15, -0.1) is 0 Å². The lowest BCUT2D eigenvalue weighted by Gasteiger charge is -2.14. The van der Waals surface area contributed by atoms with Crippen molar-refractivity contribution in [3.63, 3.8) is 0 Å². The Labute approximate surface area is 109 Å². The Morgan fingerprint density at radius 1 is 0.950 bits per heavy atom. The standard InChI is InChI=1S/C9H7F6NO3S/c10-8(11,12)6-1-5(4-16-20(17,18)19)2-7(3-6)9(13,14)15/h1-3,16H,4H2,(H,17,18,19). The third-order valence-corrected chi connectivity index (χ3v) is 2.62. The molecule has 0 aromatic heterocycles. The highest BCUT2D eigenvalue weighted by molar-refractivity contribution is 7.83. The van der Waals surface area contributed by atoms with Gasteiger partial charge in [0.25, 0.3) is 0 Å². The van der Waals surface area contributed by atoms with E-state index in [4.69, 9.17) is 4.55 Å². The van der Waals surface area contributed by atoms with E-state index >= 15 is 0 Å². The van der Waals surface area contributed by atoms with Gasteiger partial charge in [0.1, 0.15) is 0 Å². The van der Waals surface area contributed by atoms with Crippen LogP contribution in [-0.2, 0) is 29.2 Å². The van der Waals surface area contributed by atoms with E-state index < -0.39 is 45.9 Å². The van der Waals surface area contributed by atoms with Crippen molar-refractivity contribution in [2.45, 2.75) is 18.9 Å². The minimum absolute atomic E-state index is 0.0864. The molecule has 4 nitrogen and oxygen atoms in total. The second kappa shape index (κ2) is 5.22. The van der Waals surface area contributed by atoms with Crippen molar-refractivity contribution in [3.8, 4) is 0 Å². The van der Waals surface area contributed by atoms with Crippen molar-refractivity contribution in [3.05, 3.63) is 34.9 Å². The Hall–Kier alpha value is -1.33. The quantitative estimate of drug-likeness (QED) is 0.664. The maximum atomic E-state index is 12.5. The number of nitrogens with one attached hydrogen (secondary N) is 1. The molecule has 20 heavy (non-hydrogen) atoms.